The summed E-state index contributed by atoms with van der Waals surface area (Å²) in [6, 6.07) is 0. The van der Waals surface area contributed by atoms with Crippen LogP contribution in [0.3, 0.4) is 0 Å². The maximum Gasteiger partial charge on any atom is 0.169 e. The Balaban J connectivity index is 2.25. The number of thiazole rings is 1. The van der Waals surface area contributed by atoms with E-state index in [2.05, 4.69) is 11.9 Å². The Labute approximate surface area is 88.4 Å². The molecule has 0 N–H and O–H groups in total. The molecule has 2 nitrogen and oxygen atoms in total. The lowest BCUT2D eigenvalue weighted by atomic mass is 10.1. The number of aldehydes is 1. The van der Waals surface area contributed by atoms with Gasteiger partial charge in [0.1, 0.15) is 5.69 Å². The molecular weight excluding hydrogens is 194 g/mol. The number of hydrogen-bond donors (Lipinski definition) is 0. The van der Waals surface area contributed by atoms with E-state index in [9.17, 15) is 4.79 Å². The van der Waals surface area contributed by atoms with E-state index < -0.39 is 0 Å². The van der Waals surface area contributed by atoms with Crippen molar-refractivity contribution in [1.82, 2.24) is 4.98 Å². The Hall–Kier alpha value is -0.700. The van der Waals surface area contributed by atoms with E-state index in [1.165, 1.54) is 30.7 Å². The fourth-order valence-corrected chi connectivity index (χ4v) is 3.22. The largest absolute Gasteiger partial charge is 0.296 e. The van der Waals surface area contributed by atoms with Gasteiger partial charge in [0.25, 0.3) is 0 Å². The van der Waals surface area contributed by atoms with Crippen molar-refractivity contribution in [2.75, 3.05) is 0 Å². The van der Waals surface area contributed by atoms with Crippen LogP contribution < -0.4 is 0 Å². The SMILES string of the molecule is CCc1sc(C2CCCC2)nc1C=O. The van der Waals surface area contributed by atoms with E-state index >= 15 is 0 Å². The molecular formula is C11H15NOS. The first-order chi connectivity index (χ1) is 6.85. The third-order valence-electron chi connectivity index (χ3n) is 2.88. The van der Waals surface area contributed by atoms with E-state index in [0.29, 0.717) is 11.6 Å². The minimum atomic E-state index is 0.638. The average Bonchev–Trinajstić information content (AvgIpc) is 2.85. The van der Waals surface area contributed by atoms with Crippen molar-refractivity contribution in [3.8, 4) is 0 Å². The van der Waals surface area contributed by atoms with Crippen LogP contribution in [0.4, 0.5) is 0 Å². The van der Waals surface area contributed by atoms with Crippen LogP contribution in [0.25, 0.3) is 0 Å². The first-order valence-corrected chi connectivity index (χ1v) is 6.11. The summed E-state index contributed by atoms with van der Waals surface area (Å²) in [5.74, 6) is 0.638. The average molecular weight is 209 g/mol. The van der Waals surface area contributed by atoms with Gasteiger partial charge in [-0.2, -0.15) is 0 Å². The van der Waals surface area contributed by atoms with Crippen LogP contribution in [-0.4, -0.2) is 11.3 Å². The standard InChI is InChI=1S/C11H15NOS/c1-2-10-9(7-13)12-11(14-10)8-5-3-4-6-8/h7-8H,2-6H2,1H3. The summed E-state index contributed by atoms with van der Waals surface area (Å²) in [7, 11) is 0. The van der Waals surface area contributed by atoms with Crippen LogP contribution in [0.1, 0.15) is 58.9 Å². The highest BCUT2D eigenvalue weighted by Gasteiger charge is 2.21. The van der Waals surface area contributed by atoms with Crippen LogP contribution in [-0.2, 0) is 6.42 Å². The summed E-state index contributed by atoms with van der Waals surface area (Å²) < 4.78 is 0. The van der Waals surface area contributed by atoms with E-state index in [-0.39, 0.29) is 0 Å². The second-order valence-electron chi connectivity index (χ2n) is 3.81. The molecule has 0 unspecified atom stereocenters. The molecule has 1 aliphatic rings. The topological polar surface area (TPSA) is 30.0 Å². The van der Waals surface area contributed by atoms with E-state index in [1.54, 1.807) is 11.3 Å². The normalized spacial score (nSPS) is 17.5. The predicted molar refractivity (Wildman–Crippen MR) is 58.1 cm³/mol. The van der Waals surface area contributed by atoms with E-state index in [0.717, 1.165) is 17.6 Å². The number of carbonyl (C=O) groups is 1. The van der Waals surface area contributed by atoms with Crippen molar-refractivity contribution in [1.29, 1.82) is 0 Å². The molecule has 1 heterocycles. The monoisotopic (exact) mass is 209 g/mol. The molecule has 0 atom stereocenters. The van der Waals surface area contributed by atoms with Crippen molar-refractivity contribution < 1.29 is 4.79 Å². The maximum atomic E-state index is 10.8. The first-order valence-electron chi connectivity index (χ1n) is 5.30. The third kappa shape index (κ3) is 1.73. The summed E-state index contributed by atoms with van der Waals surface area (Å²) in [5, 5.41) is 1.20. The molecule has 1 aromatic heterocycles. The molecule has 1 aliphatic carbocycles. The van der Waals surface area contributed by atoms with Gasteiger partial charge in [0, 0.05) is 10.8 Å². The predicted octanol–water partition coefficient (Wildman–Crippen LogP) is 3.18. The molecule has 3 heteroatoms. The van der Waals surface area contributed by atoms with Gasteiger partial charge < -0.3 is 0 Å². The fraction of sp³-hybridized carbons (Fsp3) is 0.636. The van der Waals surface area contributed by atoms with Crippen LogP contribution >= 0.6 is 11.3 Å². The molecule has 0 amide bonds. The van der Waals surface area contributed by atoms with E-state index in [4.69, 9.17) is 0 Å². The molecule has 0 saturated heterocycles. The molecule has 1 saturated carbocycles. The van der Waals surface area contributed by atoms with Crippen molar-refractivity contribution in [2.45, 2.75) is 44.9 Å². The number of carbonyl (C=O) groups excluding carboxylic acids is 1. The second kappa shape index (κ2) is 4.22. The molecule has 2 rings (SSSR count). The van der Waals surface area contributed by atoms with Crippen molar-refractivity contribution in [3.05, 3.63) is 15.6 Å². The highest BCUT2D eigenvalue weighted by atomic mass is 32.1. The van der Waals surface area contributed by atoms with Gasteiger partial charge in [-0.3, -0.25) is 4.79 Å². The Morgan fingerprint density at radius 3 is 2.71 bits per heavy atom. The first kappa shape index (κ1) is 9.84. The lowest BCUT2D eigenvalue weighted by Gasteiger charge is -2.01. The quantitative estimate of drug-likeness (QED) is 0.716. The lowest BCUT2D eigenvalue weighted by Crippen LogP contribution is -1.91. The number of aryl methyl sites for hydroxylation is 1. The van der Waals surface area contributed by atoms with Gasteiger partial charge in [-0.1, -0.05) is 19.8 Å². The van der Waals surface area contributed by atoms with Crippen LogP contribution in [0.15, 0.2) is 0 Å². The zero-order valence-electron chi connectivity index (χ0n) is 8.45. The second-order valence-corrected chi connectivity index (χ2v) is 4.93. The number of nitrogens with zero attached hydrogens (tertiary/aromatic N) is 1. The zero-order valence-corrected chi connectivity index (χ0v) is 9.27. The van der Waals surface area contributed by atoms with Crippen molar-refractivity contribution >= 4 is 17.6 Å². The number of aromatic nitrogens is 1. The minimum absolute atomic E-state index is 0.638. The molecule has 0 bridgehead atoms. The summed E-state index contributed by atoms with van der Waals surface area (Å²) in [6.07, 6.45) is 6.99. The zero-order chi connectivity index (χ0) is 9.97. The van der Waals surface area contributed by atoms with Gasteiger partial charge in [-0.25, -0.2) is 4.98 Å². The lowest BCUT2D eigenvalue weighted by molar-refractivity contribution is 0.111. The van der Waals surface area contributed by atoms with Crippen molar-refractivity contribution in [2.24, 2.45) is 0 Å². The molecule has 0 aliphatic heterocycles. The van der Waals surface area contributed by atoms with Crippen LogP contribution in [0.2, 0.25) is 0 Å². The van der Waals surface area contributed by atoms with Crippen LogP contribution in [0, 0.1) is 0 Å². The number of hydrogen-bond acceptors (Lipinski definition) is 3. The Bertz CT molecular complexity index is 326. The molecule has 1 fully saturated rings. The summed E-state index contributed by atoms with van der Waals surface area (Å²) >= 11 is 1.74. The summed E-state index contributed by atoms with van der Waals surface area (Å²) in [5.41, 5.74) is 0.680. The number of rotatable bonds is 3. The summed E-state index contributed by atoms with van der Waals surface area (Å²) in [4.78, 5) is 16.3. The molecule has 1 aromatic rings. The Kier molecular flexibility index (Phi) is 2.96. The van der Waals surface area contributed by atoms with Crippen molar-refractivity contribution in [3.63, 3.8) is 0 Å². The van der Waals surface area contributed by atoms with Gasteiger partial charge >= 0.3 is 0 Å². The molecule has 76 valence electrons. The molecule has 0 spiro atoms. The Morgan fingerprint density at radius 1 is 1.50 bits per heavy atom. The van der Waals surface area contributed by atoms with Crippen LogP contribution in [0.5, 0.6) is 0 Å². The third-order valence-corrected chi connectivity index (χ3v) is 4.26. The Morgan fingerprint density at radius 2 is 2.21 bits per heavy atom. The van der Waals surface area contributed by atoms with Gasteiger partial charge in [0.2, 0.25) is 0 Å². The molecule has 0 aromatic carbocycles. The van der Waals surface area contributed by atoms with Gasteiger partial charge in [0.05, 0.1) is 5.01 Å². The minimum Gasteiger partial charge on any atom is -0.296 e. The maximum absolute atomic E-state index is 10.8. The van der Waals surface area contributed by atoms with Gasteiger partial charge in [0.15, 0.2) is 6.29 Å². The smallest absolute Gasteiger partial charge is 0.169 e. The fourth-order valence-electron chi connectivity index (χ4n) is 2.08. The van der Waals surface area contributed by atoms with Gasteiger partial charge in [-0.15, -0.1) is 11.3 Å². The van der Waals surface area contributed by atoms with E-state index in [1.807, 2.05) is 0 Å². The molecule has 0 radical (unpaired) electrons. The molecule has 14 heavy (non-hydrogen) atoms. The highest BCUT2D eigenvalue weighted by Crippen LogP contribution is 2.36. The summed E-state index contributed by atoms with van der Waals surface area (Å²) in [6.45, 7) is 2.08. The van der Waals surface area contributed by atoms with Gasteiger partial charge in [-0.05, 0) is 19.3 Å². The highest BCUT2D eigenvalue weighted by molar-refractivity contribution is 7.12.